The van der Waals surface area contributed by atoms with Crippen molar-refractivity contribution in [2.75, 3.05) is 24.2 Å². The molecule has 0 amide bonds. The van der Waals surface area contributed by atoms with E-state index in [0.717, 1.165) is 76.3 Å². The lowest BCUT2D eigenvalue weighted by Crippen LogP contribution is -2.01. The van der Waals surface area contributed by atoms with Gasteiger partial charge >= 0.3 is 0 Å². The summed E-state index contributed by atoms with van der Waals surface area (Å²) in [7, 11) is 0. The molecule has 5 heterocycles. The number of ether oxygens (including phenoxy) is 2. The fourth-order valence-corrected chi connectivity index (χ4v) is 4.70. The Hall–Kier alpha value is -3.89. The Bertz CT molecular complexity index is 1550. The molecule has 5 aromatic rings. The Balaban J connectivity index is 0.00000280. The third kappa shape index (κ3) is 4.90. The maximum Gasteiger partial charge on any atom is 0.150 e. The normalized spacial score (nSPS) is 15.1. The van der Waals surface area contributed by atoms with Crippen molar-refractivity contribution in [2.45, 2.75) is 32.5 Å². The van der Waals surface area contributed by atoms with Crippen LogP contribution in [0.5, 0.6) is 5.75 Å². The van der Waals surface area contributed by atoms with Gasteiger partial charge in [-0.1, -0.05) is 0 Å². The Kier molecular flexibility index (Phi) is 7.11. The second-order valence-corrected chi connectivity index (χ2v) is 8.84. The molecule has 0 bridgehead atoms. The molecule has 0 aliphatic carbocycles. The fourth-order valence-electron chi connectivity index (χ4n) is 4.70. The van der Waals surface area contributed by atoms with Gasteiger partial charge in [0, 0.05) is 48.1 Å². The lowest BCUT2D eigenvalue weighted by Gasteiger charge is -2.10. The molecule has 6 rings (SSSR count). The zero-order valence-electron chi connectivity index (χ0n) is 20.5. The van der Waals surface area contributed by atoms with Gasteiger partial charge in [0.1, 0.15) is 36.0 Å². The zero-order valence-corrected chi connectivity index (χ0v) is 21.5. The number of benzene rings is 1. The van der Waals surface area contributed by atoms with E-state index in [9.17, 15) is 0 Å². The van der Waals surface area contributed by atoms with Gasteiger partial charge in [-0.25, -0.2) is 15.0 Å². The van der Waals surface area contributed by atoms with Gasteiger partial charge in [0.25, 0.3) is 0 Å². The number of aromatic nitrogens is 5. The summed E-state index contributed by atoms with van der Waals surface area (Å²) in [5.41, 5.74) is 10.7. The van der Waals surface area contributed by atoms with E-state index in [1.807, 2.05) is 53.5 Å². The Labute approximate surface area is 221 Å². The van der Waals surface area contributed by atoms with Crippen molar-refractivity contribution in [3.8, 4) is 11.4 Å². The van der Waals surface area contributed by atoms with E-state index in [2.05, 4.69) is 38.2 Å². The zero-order chi connectivity index (χ0) is 24.5. The molecule has 37 heavy (non-hydrogen) atoms. The second kappa shape index (κ2) is 10.6. The number of pyridine rings is 2. The van der Waals surface area contributed by atoms with Crippen LogP contribution >= 0.6 is 13.5 Å². The number of nitrogens with one attached hydrogen (secondary N) is 1. The first-order valence-corrected chi connectivity index (χ1v) is 12.1. The number of nitrogens with two attached hydrogens (primary N) is 1. The molecule has 1 aliphatic heterocycles. The van der Waals surface area contributed by atoms with Crippen LogP contribution in [-0.2, 0) is 11.3 Å². The predicted octanol–water partition coefficient (Wildman–Crippen LogP) is 4.92. The Morgan fingerprint density at radius 2 is 2.05 bits per heavy atom. The van der Waals surface area contributed by atoms with Gasteiger partial charge in [-0.2, -0.15) is 13.5 Å². The highest BCUT2D eigenvalue weighted by molar-refractivity contribution is 7.59. The third-order valence-corrected chi connectivity index (χ3v) is 6.40. The monoisotopic (exact) mass is 515 g/mol. The molecule has 1 fully saturated rings. The van der Waals surface area contributed by atoms with Gasteiger partial charge in [-0.3, -0.25) is 9.55 Å². The number of nitrogens with zero attached hydrogens (tertiary/aromatic N) is 5. The maximum atomic E-state index is 6.26. The molecule has 0 radical (unpaired) electrons. The third-order valence-electron chi connectivity index (χ3n) is 6.40. The second-order valence-electron chi connectivity index (χ2n) is 8.84. The maximum absolute atomic E-state index is 6.26. The first-order chi connectivity index (χ1) is 17.7. The largest absolute Gasteiger partial charge is 0.489 e. The molecule has 3 N–H and O–H groups in total. The molecule has 4 aromatic heterocycles. The van der Waals surface area contributed by atoms with Crippen LogP contribution in [0.25, 0.3) is 27.6 Å². The lowest BCUT2D eigenvalue weighted by atomic mass is 10.1. The molecule has 1 atom stereocenters. The number of nitrogen functional groups attached to an aromatic ring is 1. The SMILES string of the molecule is CCNc1ccc2ccc(OCc3cncc(-n4cc([C@@H]5CCCO5)c5c(N)ncnc54)c3)cc2n1.S. The van der Waals surface area contributed by atoms with E-state index in [1.54, 1.807) is 0 Å². The minimum atomic E-state index is -0.00363. The lowest BCUT2D eigenvalue weighted by molar-refractivity contribution is 0.113. The summed E-state index contributed by atoms with van der Waals surface area (Å²) < 4.78 is 14.1. The van der Waals surface area contributed by atoms with Gasteiger partial charge in [0.2, 0.25) is 0 Å². The Morgan fingerprint density at radius 3 is 2.89 bits per heavy atom. The van der Waals surface area contributed by atoms with Crippen molar-refractivity contribution in [3.63, 3.8) is 0 Å². The first kappa shape index (κ1) is 24.8. The van der Waals surface area contributed by atoms with Gasteiger partial charge in [0.15, 0.2) is 0 Å². The smallest absolute Gasteiger partial charge is 0.150 e. The van der Waals surface area contributed by atoms with Gasteiger partial charge in [-0.15, -0.1) is 0 Å². The molecule has 10 heteroatoms. The topological polar surface area (TPSA) is 113 Å². The van der Waals surface area contributed by atoms with E-state index >= 15 is 0 Å². The van der Waals surface area contributed by atoms with Crippen LogP contribution < -0.4 is 15.8 Å². The summed E-state index contributed by atoms with van der Waals surface area (Å²) in [6.45, 7) is 3.99. The van der Waals surface area contributed by atoms with Crippen LogP contribution in [0.3, 0.4) is 0 Å². The summed E-state index contributed by atoms with van der Waals surface area (Å²) in [6, 6.07) is 12.0. The molecule has 0 unspecified atom stereocenters. The van der Waals surface area contributed by atoms with E-state index < -0.39 is 0 Å². The van der Waals surface area contributed by atoms with Crippen LogP contribution in [0.15, 0.2) is 61.3 Å². The van der Waals surface area contributed by atoms with Crippen molar-refractivity contribution in [1.29, 1.82) is 0 Å². The standard InChI is InChI=1S/C27H27N7O2.H2S/c1-2-30-24-8-6-18-5-7-20(11-22(18)33-24)36-15-17-10-19(13-29-12-17)34-14-21(23-4-3-9-35-23)25-26(28)31-16-32-27(25)34;/h5-8,10-14,16,23H,2-4,9,15H2,1H3,(H,30,33)(H2,28,31,32);1H2/t23-;/m0./s1. The van der Waals surface area contributed by atoms with Crippen LogP contribution in [-0.4, -0.2) is 37.7 Å². The molecular formula is C27H29N7O2S. The summed E-state index contributed by atoms with van der Waals surface area (Å²) in [4.78, 5) is 17.9. The predicted molar refractivity (Wildman–Crippen MR) is 150 cm³/mol. The number of hydrogen-bond donors (Lipinski definition) is 2. The molecule has 190 valence electrons. The van der Waals surface area contributed by atoms with Crippen LogP contribution in [0, 0.1) is 0 Å². The van der Waals surface area contributed by atoms with Gasteiger partial charge in [0.05, 0.1) is 28.9 Å². The average Bonchev–Trinajstić information content (AvgIpc) is 3.57. The average molecular weight is 516 g/mol. The summed E-state index contributed by atoms with van der Waals surface area (Å²) in [5.74, 6) is 2.06. The minimum absolute atomic E-state index is 0. The summed E-state index contributed by atoms with van der Waals surface area (Å²) in [5, 5.41) is 5.15. The van der Waals surface area contributed by atoms with Crippen molar-refractivity contribution in [3.05, 3.63) is 72.4 Å². The van der Waals surface area contributed by atoms with E-state index in [0.29, 0.717) is 12.4 Å². The quantitative estimate of drug-likeness (QED) is 0.314. The van der Waals surface area contributed by atoms with Gasteiger partial charge < -0.3 is 20.5 Å². The number of anilines is 2. The van der Waals surface area contributed by atoms with Crippen LogP contribution in [0.1, 0.15) is 37.0 Å². The highest BCUT2D eigenvalue weighted by Crippen LogP contribution is 2.37. The number of rotatable bonds is 7. The number of hydrogen-bond acceptors (Lipinski definition) is 8. The van der Waals surface area contributed by atoms with Crippen molar-refractivity contribution < 1.29 is 9.47 Å². The highest BCUT2D eigenvalue weighted by atomic mass is 32.1. The van der Waals surface area contributed by atoms with Crippen LogP contribution in [0.2, 0.25) is 0 Å². The molecular weight excluding hydrogens is 486 g/mol. The molecule has 0 saturated carbocycles. The van der Waals surface area contributed by atoms with Crippen molar-refractivity contribution >= 4 is 47.1 Å². The minimum Gasteiger partial charge on any atom is -0.489 e. The molecule has 1 saturated heterocycles. The Morgan fingerprint density at radius 1 is 1.16 bits per heavy atom. The first-order valence-electron chi connectivity index (χ1n) is 12.1. The number of fused-ring (bicyclic) bond motifs is 2. The van der Waals surface area contributed by atoms with E-state index in [1.165, 1.54) is 6.33 Å². The molecule has 0 spiro atoms. The molecule has 9 nitrogen and oxygen atoms in total. The summed E-state index contributed by atoms with van der Waals surface area (Å²) >= 11 is 0. The van der Waals surface area contributed by atoms with Crippen molar-refractivity contribution in [2.24, 2.45) is 0 Å². The van der Waals surface area contributed by atoms with Crippen molar-refractivity contribution in [1.82, 2.24) is 24.5 Å². The van der Waals surface area contributed by atoms with E-state index in [-0.39, 0.29) is 19.6 Å². The fraction of sp³-hybridized carbons (Fsp3) is 0.259. The highest BCUT2D eigenvalue weighted by Gasteiger charge is 2.25. The van der Waals surface area contributed by atoms with Gasteiger partial charge in [-0.05, 0) is 50.1 Å². The molecule has 1 aromatic carbocycles. The summed E-state index contributed by atoms with van der Waals surface area (Å²) in [6.07, 6.45) is 9.13. The van der Waals surface area contributed by atoms with E-state index in [4.69, 9.17) is 15.2 Å². The van der Waals surface area contributed by atoms with Crippen LogP contribution in [0.4, 0.5) is 11.6 Å². The molecule has 1 aliphatic rings.